The van der Waals surface area contributed by atoms with Crippen molar-refractivity contribution in [3.63, 3.8) is 0 Å². The van der Waals surface area contributed by atoms with Gasteiger partial charge in [-0.1, -0.05) is 29.8 Å². The van der Waals surface area contributed by atoms with Crippen molar-refractivity contribution in [3.8, 4) is 0 Å². The summed E-state index contributed by atoms with van der Waals surface area (Å²) < 4.78 is 0. The van der Waals surface area contributed by atoms with E-state index in [1.165, 1.54) is 5.56 Å². The Morgan fingerprint density at radius 1 is 1.13 bits per heavy atom. The molecule has 0 spiro atoms. The first-order valence-corrected chi connectivity index (χ1v) is 7.73. The number of anilines is 2. The number of rotatable bonds is 7. The maximum atomic E-state index is 12.0. The van der Waals surface area contributed by atoms with Crippen LogP contribution in [-0.4, -0.2) is 43.0 Å². The summed E-state index contributed by atoms with van der Waals surface area (Å²) in [5.74, 6) is 0.771. The predicted octanol–water partition coefficient (Wildman–Crippen LogP) is 2.54. The Hall–Kier alpha value is -2.40. The number of carbonyl (C=O) groups excluding carboxylic acids is 1. The molecule has 2 rings (SSSR count). The SMILES string of the molecule is Cc1ccc(CC(=O)Nc2ccc(NCCN(C)C)nc2)cc1. The molecule has 5 heteroatoms. The van der Waals surface area contributed by atoms with E-state index in [1.54, 1.807) is 6.20 Å². The lowest BCUT2D eigenvalue weighted by Gasteiger charge is -2.11. The van der Waals surface area contributed by atoms with Gasteiger partial charge in [0.1, 0.15) is 5.82 Å². The van der Waals surface area contributed by atoms with Gasteiger partial charge in [-0.15, -0.1) is 0 Å². The number of aryl methyl sites for hydroxylation is 1. The van der Waals surface area contributed by atoms with Crippen LogP contribution in [0.3, 0.4) is 0 Å². The quantitative estimate of drug-likeness (QED) is 0.825. The number of carbonyl (C=O) groups is 1. The molecule has 1 aromatic heterocycles. The molecule has 2 aromatic rings. The fourth-order valence-electron chi connectivity index (χ4n) is 2.08. The van der Waals surface area contributed by atoms with Crippen LogP contribution in [0, 0.1) is 6.92 Å². The summed E-state index contributed by atoms with van der Waals surface area (Å²) in [6.45, 7) is 3.81. The molecule has 0 aliphatic rings. The first-order chi connectivity index (χ1) is 11.0. The van der Waals surface area contributed by atoms with Gasteiger partial charge in [0.25, 0.3) is 0 Å². The fraction of sp³-hybridized carbons (Fsp3) is 0.333. The van der Waals surface area contributed by atoms with Crippen molar-refractivity contribution in [1.82, 2.24) is 9.88 Å². The Balaban J connectivity index is 1.82. The highest BCUT2D eigenvalue weighted by atomic mass is 16.1. The zero-order valence-electron chi connectivity index (χ0n) is 14.0. The summed E-state index contributed by atoms with van der Waals surface area (Å²) in [7, 11) is 4.06. The number of aromatic nitrogens is 1. The van der Waals surface area contributed by atoms with Gasteiger partial charge in [-0.25, -0.2) is 4.98 Å². The average Bonchev–Trinajstić information content (AvgIpc) is 2.51. The molecule has 0 unspecified atom stereocenters. The highest BCUT2D eigenvalue weighted by Gasteiger charge is 2.04. The largest absolute Gasteiger partial charge is 0.369 e. The Morgan fingerprint density at radius 3 is 2.48 bits per heavy atom. The maximum absolute atomic E-state index is 12.0. The highest BCUT2D eigenvalue weighted by molar-refractivity contribution is 5.92. The van der Waals surface area contributed by atoms with E-state index < -0.39 is 0 Å². The second-order valence-corrected chi connectivity index (χ2v) is 5.87. The third kappa shape index (κ3) is 6.08. The van der Waals surface area contributed by atoms with Crippen molar-refractivity contribution in [2.75, 3.05) is 37.8 Å². The molecule has 0 aliphatic carbocycles. The lowest BCUT2D eigenvalue weighted by Crippen LogP contribution is -2.21. The molecule has 1 amide bonds. The summed E-state index contributed by atoms with van der Waals surface area (Å²) in [4.78, 5) is 18.4. The van der Waals surface area contributed by atoms with Gasteiger partial charge in [-0.05, 0) is 38.7 Å². The molecule has 0 bridgehead atoms. The topological polar surface area (TPSA) is 57.3 Å². The number of hydrogen-bond acceptors (Lipinski definition) is 4. The van der Waals surface area contributed by atoms with E-state index in [4.69, 9.17) is 0 Å². The van der Waals surface area contributed by atoms with Gasteiger partial charge in [-0.2, -0.15) is 0 Å². The average molecular weight is 312 g/mol. The summed E-state index contributed by atoms with van der Waals surface area (Å²) in [6.07, 6.45) is 2.04. The second-order valence-electron chi connectivity index (χ2n) is 5.87. The van der Waals surface area contributed by atoms with Crippen molar-refractivity contribution in [3.05, 3.63) is 53.7 Å². The number of hydrogen-bond donors (Lipinski definition) is 2. The van der Waals surface area contributed by atoms with Gasteiger partial charge in [0, 0.05) is 13.1 Å². The van der Waals surface area contributed by atoms with Crippen LogP contribution >= 0.6 is 0 Å². The molecule has 23 heavy (non-hydrogen) atoms. The fourth-order valence-corrected chi connectivity index (χ4v) is 2.08. The van der Waals surface area contributed by atoms with E-state index in [2.05, 4.69) is 20.5 Å². The van der Waals surface area contributed by atoms with Crippen LogP contribution < -0.4 is 10.6 Å². The molecule has 1 aromatic carbocycles. The van der Waals surface area contributed by atoms with Gasteiger partial charge < -0.3 is 15.5 Å². The van der Waals surface area contributed by atoms with Crippen molar-refractivity contribution >= 4 is 17.4 Å². The smallest absolute Gasteiger partial charge is 0.228 e. The molecule has 5 nitrogen and oxygen atoms in total. The number of nitrogens with one attached hydrogen (secondary N) is 2. The lowest BCUT2D eigenvalue weighted by molar-refractivity contribution is -0.115. The Labute approximate surface area is 137 Å². The van der Waals surface area contributed by atoms with Crippen molar-refractivity contribution in [2.45, 2.75) is 13.3 Å². The van der Waals surface area contributed by atoms with E-state index in [-0.39, 0.29) is 5.91 Å². The minimum absolute atomic E-state index is 0.0380. The molecule has 0 saturated heterocycles. The molecular formula is C18H24N4O. The number of amides is 1. The minimum Gasteiger partial charge on any atom is -0.369 e. The lowest BCUT2D eigenvalue weighted by atomic mass is 10.1. The van der Waals surface area contributed by atoms with Crippen LogP contribution in [0.5, 0.6) is 0 Å². The third-order valence-electron chi connectivity index (χ3n) is 3.40. The molecule has 122 valence electrons. The molecule has 1 heterocycles. The van der Waals surface area contributed by atoms with Gasteiger partial charge >= 0.3 is 0 Å². The Bertz CT molecular complexity index is 620. The normalized spacial score (nSPS) is 10.6. The predicted molar refractivity (Wildman–Crippen MR) is 94.8 cm³/mol. The van der Waals surface area contributed by atoms with E-state index in [1.807, 2.05) is 57.4 Å². The van der Waals surface area contributed by atoms with Crippen molar-refractivity contribution in [2.24, 2.45) is 0 Å². The number of benzene rings is 1. The summed E-state index contributed by atoms with van der Waals surface area (Å²) in [6, 6.07) is 11.7. The molecular weight excluding hydrogens is 288 g/mol. The summed E-state index contributed by atoms with van der Waals surface area (Å²) in [5.41, 5.74) is 2.90. The van der Waals surface area contributed by atoms with E-state index >= 15 is 0 Å². The zero-order valence-corrected chi connectivity index (χ0v) is 14.0. The second kappa shape index (κ2) is 8.29. The van der Waals surface area contributed by atoms with Gasteiger partial charge in [-0.3, -0.25) is 4.79 Å². The molecule has 0 radical (unpaired) electrons. The zero-order chi connectivity index (χ0) is 16.7. The molecule has 0 saturated carbocycles. The van der Waals surface area contributed by atoms with Crippen LogP contribution in [0.2, 0.25) is 0 Å². The summed E-state index contributed by atoms with van der Waals surface area (Å²) >= 11 is 0. The van der Waals surface area contributed by atoms with Crippen LogP contribution in [-0.2, 0) is 11.2 Å². The monoisotopic (exact) mass is 312 g/mol. The number of likely N-dealkylation sites (N-methyl/N-ethyl adjacent to an activating group) is 1. The van der Waals surface area contributed by atoms with Crippen molar-refractivity contribution < 1.29 is 4.79 Å². The van der Waals surface area contributed by atoms with Crippen molar-refractivity contribution in [1.29, 1.82) is 0 Å². The highest BCUT2D eigenvalue weighted by Crippen LogP contribution is 2.11. The number of nitrogens with zero attached hydrogens (tertiary/aromatic N) is 2. The molecule has 0 atom stereocenters. The van der Waals surface area contributed by atoms with Gasteiger partial charge in [0.2, 0.25) is 5.91 Å². The van der Waals surface area contributed by atoms with Crippen LogP contribution in [0.25, 0.3) is 0 Å². The maximum Gasteiger partial charge on any atom is 0.228 e. The first kappa shape index (κ1) is 17.0. The third-order valence-corrected chi connectivity index (χ3v) is 3.40. The van der Waals surface area contributed by atoms with Crippen LogP contribution in [0.15, 0.2) is 42.6 Å². The Kier molecular flexibility index (Phi) is 6.11. The van der Waals surface area contributed by atoms with Gasteiger partial charge in [0.05, 0.1) is 18.3 Å². The van der Waals surface area contributed by atoms with E-state index in [9.17, 15) is 4.79 Å². The van der Waals surface area contributed by atoms with E-state index in [0.29, 0.717) is 12.1 Å². The standard InChI is InChI=1S/C18H24N4O/c1-14-4-6-15(7-5-14)12-18(23)21-16-8-9-17(20-13-16)19-10-11-22(2)3/h4-9,13H,10-12H2,1-3H3,(H,19,20)(H,21,23). The minimum atomic E-state index is -0.0380. The first-order valence-electron chi connectivity index (χ1n) is 7.73. The number of pyridine rings is 1. The molecule has 2 N–H and O–H groups in total. The van der Waals surface area contributed by atoms with Gasteiger partial charge in [0.15, 0.2) is 0 Å². The van der Waals surface area contributed by atoms with Crippen LogP contribution in [0.1, 0.15) is 11.1 Å². The molecule has 0 aliphatic heterocycles. The van der Waals surface area contributed by atoms with Crippen LogP contribution in [0.4, 0.5) is 11.5 Å². The molecule has 0 fully saturated rings. The Morgan fingerprint density at radius 2 is 1.87 bits per heavy atom. The summed E-state index contributed by atoms with van der Waals surface area (Å²) in [5, 5.41) is 6.11. The van der Waals surface area contributed by atoms with E-state index in [0.717, 1.165) is 24.5 Å².